The van der Waals surface area contributed by atoms with Gasteiger partial charge in [-0.15, -0.1) is 6.58 Å². The van der Waals surface area contributed by atoms with E-state index in [1.165, 1.54) is 11.0 Å². The fraction of sp³-hybridized carbons (Fsp3) is 0.500. The van der Waals surface area contributed by atoms with Gasteiger partial charge in [-0.1, -0.05) is 81.7 Å². The highest BCUT2D eigenvalue weighted by atomic mass is 32.2. The lowest BCUT2D eigenvalue weighted by Crippen LogP contribution is -2.59. The number of fused-ring (bicyclic) bond motifs is 3. The highest BCUT2D eigenvalue weighted by molar-refractivity contribution is 7.91. The van der Waals surface area contributed by atoms with Gasteiger partial charge >= 0.3 is 6.09 Å². The van der Waals surface area contributed by atoms with Crippen LogP contribution in [-0.2, 0) is 29.1 Å². The van der Waals surface area contributed by atoms with Crippen molar-refractivity contribution in [3.05, 3.63) is 72.8 Å². The molecule has 4 amide bonds. The van der Waals surface area contributed by atoms with Crippen molar-refractivity contribution in [1.29, 1.82) is 0 Å². The number of hydrogen-bond donors (Lipinski definition) is 3. The Kier molecular flexibility index (Phi) is 11.6. The largest absolute Gasteiger partial charge is 0.496 e. The van der Waals surface area contributed by atoms with Crippen molar-refractivity contribution in [2.24, 2.45) is 17.3 Å². The van der Waals surface area contributed by atoms with Crippen molar-refractivity contribution >= 4 is 50.8 Å². The number of aromatic nitrogens is 1. The normalized spacial score (nSPS) is 27.4. The first kappa shape index (κ1) is 42.3. The van der Waals surface area contributed by atoms with Crippen LogP contribution in [0, 0.1) is 17.3 Å². The topological polar surface area (TPSA) is 182 Å². The van der Waals surface area contributed by atoms with E-state index in [0.717, 1.165) is 30.4 Å². The summed E-state index contributed by atoms with van der Waals surface area (Å²) in [6, 6.07) is 13.2. The van der Waals surface area contributed by atoms with E-state index in [1.54, 1.807) is 7.11 Å². The van der Waals surface area contributed by atoms with Gasteiger partial charge in [0, 0.05) is 46.4 Å². The Balaban J connectivity index is 1.20. The van der Waals surface area contributed by atoms with Gasteiger partial charge in [0.1, 0.15) is 35.2 Å². The molecule has 3 aromatic rings. The van der Waals surface area contributed by atoms with Crippen LogP contribution in [0.15, 0.2) is 67.3 Å². The minimum absolute atomic E-state index is 0.0164. The Bertz CT molecular complexity index is 2360. The van der Waals surface area contributed by atoms with E-state index < -0.39 is 74.1 Å². The number of cyclic esters (lactones) is 1. The smallest absolute Gasteiger partial charge is 0.407 e. The highest BCUT2D eigenvalue weighted by Gasteiger charge is 2.62. The molecule has 0 radical (unpaired) electrons. The molecule has 3 aliphatic carbocycles. The lowest BCUT2D eigenvalue weighted by atomic mass is 9.83. The summed E-state index contributed by atoms with van der Waals surface area (Å²) in [6.45, 7) is 7.87. The van der Waals surface area contributed by atoms with Crippen LogP contribution in [0.1, 0.15) is 83.6 Å². The number of hydrogen-bond acceptors (Lipinski definition) is 10. The monoisotopic (exact) mass is 853 g/mol. The van der Waals surface area contributed by atoms with Crippen LogP contribution >= 0.6 is 0 Å². The number of nitrogens with one attached hydrogen (secondary N) is 3. The number of methoxy groups -OCH3 is 1. The summed E-state index contributed by atoms with van der Waals surface area (Å²) < 4.78 is 46.5. The molecule has 3 N–H and O–H groups in total. The van der Waals surface area contributed by atoms with Gasteiger partial charge in [0.25, 0.3) is 5.91 Å². The summed E-state index contributed by atoms with van der Waals surface area (Å²) in [7, 11) is -2.32. The number of ether oxygens (including phenoxy) is 3. The molecule has 5 atom stereocenters. The highest BCUT2D eigenvalue weighted by Crippen LogP contribution is 2.46. The Morgan fingerprint density at radius 1 is 1.05 bits per heavy atom. The van der Waals surface area contributed by atoms with Crippen molar-refractivity contribution in [3.8, 4) is 22.8 Å². The van der Waals surface area contributed by atoms with Gasteiger partial charge in [-0.2, -0.15) is 0 Å². The Hall–Kier alpha value is -5.44. The fourth-order valence-corrected chi connectivity index (χ4v) is 10.4. The maximum absolute atomic E-state index is 15.0. The maximum atomic E-state index is 15.0. The van der Waals surface area contributed by atoms with Crippen molar-refractivity contribution < 1.29 is 41.8 Å². The van der Waals surface area contributed by atoms with Gasteiger partial charge in [-0.3, -0.25) is 19.1 Å². The van der Waals surface area contributed by atoms with Crippen molar-refractivity contribution in [1.82, 2.24) is 25.2 Å². The third-order valence-corrected chi connectivity index (χ3v) is 14.6. The van der Waals surface area contributed by atoms with Crippen LogP contribution < -0.4 is 24.8 Å². The van der Waals surface area contributed by atoms with Crippen molar-refractivity contribution in [2.75, 3.05) is 20.3 Å². The standard InChI is InChI=1S/C46H55N5O9S/c1-5-31-25-46(31,43(54)50-61(56,57)33-18-19-33)49-41(52)37-22-32-26-51(37)42(53)40(29-15-10-7-11-16-29)48-44(55)59-27-45(2,3)20-12-17-30-21-34-36(24-38(30)58-4)47-35(23-39(34)60-32)28-13-8-6-9-14-28/h5-6,8-9,12-14,17,21,23-24,29,31-33,37,40H,1,7,10-11,15-16,18-20,22,25-27H2,2-4H3,(H,48,55)(H,49,52)(H,50,54)/b17-12-/t31-,32-,37+,40+,46-/m1/s1. The molecule has 4 bridgehead atoms. The SMILES string of the molecule is C=C[C@@H]1C[C@]1(NC(=O)[C@@H]1C[C@@H]2CN1C(=O)[C@H](C1CCCCC1)NC(=O)OCC(C)(C)C/C=C\c1cc3c(cc(-c4ccccc4)nc3cc1OC)O2)C(=O)NS(=O)(=O)C1CC1. The van der Waals surface area contributed by atoms with Gasteiger partial charge in [-0.05, 0) is 50.5 Å². The summed E-state index contributed by atoms with van der Waals surface area (Å²) >= 11 is 0. The Morgan fingerprint density at radius 2 is 1.80 bits per heavy atom. The van der Waals surface area contributed by atoms with Gasteiger partial charge in [0.15, 0.2) is 0 Å². The van der Waals surface area contributed by atoms with Crippen LogP contribution in [0.2, 0.25) is 0 Å². The summed E-state index contributed by atoms with van der Waals surface area (Å²) in [5.41, 5.74) is 0.868. The van der Waals surface area contributed by atoms with Gasteiger partial charge in [0.2, 0.25) is 21.8 Å². The molecule has 61 heavy (non-hydrogen) atoms. The lowest BCUT2D eigenvalue weighted by Gasteiger charge is -2.35. The molecule has 1 saturated heterocycles. The third-order valence-electron chi connectivity index (χ3n) is 12.8. The molecule has 15 heteroatoms. The molecule has 5 aliphatic rings. The van der Waals surface area contributed by atoms with E-state index in [0.29, 0.717) is 60.2 Å². The van der Waals surface area contributed by atoms with Crippen molar-refractivity contribution in [2.45, 2.75) is 107 Å². The van der Waals surface area contributed by atoms with Gasteiger partial charge in [-0.25, -0.2) is 18.2 Å². The second-order valence-electron chi connectivity index (χ2n) is 18.0. The van der Waals surface area contributed by atoms with E-state index in [2.05, 4.69) is 21.9 Å². The molecule has 0 unspecified atom stereocenters. The molecule has 2 aromatic carbocycles. The molecule has 4 fully saturated rings. The molecular weight excluding hydrogens is 799 g/mol. The summed E-state index contributed by atoms with van der Waals surface area (Å²) in [6.07, 6.45) is 9.91. The Morgan fingerprint density at radius 3 is 2.49 bits per heavy atom. The van der Waals surface area contributed by atoms with Crippen LogP contribution in [0.3, 0.4) is 0 Å². The molecule has 324 valence electrons. The Labute approximate surface area is 356 Å². The van der Waals surface area contributed by atoms with Crippen LogP contribution in [0.4, 0.5) is 4.79 Å². The second-order valence-corrected chi connectivity index (χ2v) is 20.0. The molecule has 8 rings (SSSR count). The first-order chi connectivity index (χ1) is 29.2. The number of allylic oxidation sites excluding steroid dienone is 1. The summed E-state index contributed by atoms with van der Waals surface area (Å²) in [5, 5.41) is 5.83. The number of rotatable bonds is 9. The number of pyridine rings is 1. The van der Waals surface area contributed by atoms with Gasteiger partial charge < -0.3 is 29.7 Å². The van der Waals surface area contributed by atoms with Gasteiger partial charge in [0.05, 0.1) is 36.7 Å². The molecule has 3 heterocycles. The number of amides is 4. The third kappa shape index (κ3) is 8.98. The predicted molar refractivity (Wildman–Crippen MR) is 230 cm³/mol. The molecule has 14 nitrogen and oxygen atoms in total. The fourth-order valence-electron chi connectivity index (χ4n) is 9.00. The molecule has 1 aromatic heterocycles. The zero-order valence-corrected chi connectivity index (χ0v) is 35.8. The number of benzene rings is 2. The lowest BCUT2D eigenvalue weighted by molar-refractivity contribution is -0.142. The van der Waals surface area contributed by atoms with Crippen LogP contribution in [0.5, 0.6) is 11.5 Å². The maximum Gasteiger partial charge on any atom is 0.407 e. The molecule has 0 spiro atoms. The zero-order chi connectivity index (χ0) is 43.1. The van der Waals surface area contributed by atoms with E-state index in [9.17, 15) is 22.8 Å². The van der Waals surface area contributed by atoms with E-state index >= 15 is 4.79 Å². The number of alkyl carbamates (subject to hydrolysis) is 1. The number of nitrogens with zero attached hydrogens (tertiary/aromatic N) is 2. The molecular formula is C46H55N5O9S. The quantitative estimate of drug-likeness (QED) is 0.215. The molecule has 3 saturated carbocycles. The molecule has 2 aliphatic heterocycles. The van der Waals surface area contributed by atoms with E-state index in [1.807, 2.05) is 74.5 Å². The minimum Gasteiger partial charge on any atom is -0.496 e. The van der Waals surface area contributed by atoms with Crippen LogP contribution in [-0.4, -0.2) is 91.4 Å². The van der Waals surface area contributed by atoms with Crippen LogP contribution in [0.25, 0.3) is 28.2 Å². The first-order valence-corrected chi connectivity index (χ1v) is 22.9. The van der Waals surface area contributed by atoms with Crippen molar-refractivity contribution in [3.63, 3.8) is 0 Å². The number of carbonyl (C=O) groups excluding carboxylic acids is 4. The summed E-state index contributed by atoms with van der Waals surface area (Å²) in [5.74, 6) is -1.57. The van der Waals surface area contributed by atoms with E-state index in [4.69, 9.17) is 19.2 Å². The predicted octanol–water partition coefficient (Wildman–Crippen LogP) is 6.05. The minimum atomic E-state index is -3.92. The second kappa shape index (κ2) is 16.8. The zero-order valence-electron chi connectivity index (χ0n) is 35.0. The number of carbonyl (C=O) groups is 4. The average Bonchev–Trinajstić information content (AvgIpc) is 4.18. The number of sulfonamides is 1. The van der Waals surface area contributed by atoms with E-state index in [-0.39, 0.29) is 31.9 Å². The average molecular weight is 854 g/mol. The summed E-state index contributed by atoms with van der Waals surface area (Å²) in [4.78, 5) is 63.5. The first-order valence-electron chi connectivity index (χ1n) is 21.4.